The van der Waals surface area contributed by atoms with Crippen molar-refractivity contribution in [2.45, 2.75) is 44.8 Å². The van der Waals surface area contributed by atoms with E-state index in [4.69, 9.17) is 0 Å². The normalized spacial score (nSPS) is 28.8. The van der Waals surface area contributed by atoms with Gasteiger partial charge in [0.05, 0.1) is 11.6 Å². The average molecular weight is 295 g/mol. The van der Waals surface area contributed by atoms with Gasteiger partial charge in [-0.1, -0.05) is 0 Å². The molecule has 1 aromatic heterocycles. The van der Waals surface area contributed by atoms with Crippen LogP contribution in [0.2, 0.25) is 0 Å². The molecule has 3 rings (SSSR count). The van der Waals surface area contributed by atoms with Gasteiger partial charge in [0.25, 0.3) is 0 Å². The van der Waals surface area contributed by atoms with Crippen LogP contribution in [0.25, 0.3) is 0 Å². The van der Waals surface area contributed by atoms with Crippen molar-refractivity contribution in [2.75, 3.05) is 5.32 Å². The Morgan fingerprint density at radius 2 is 2.35 bits per heavy atom. The van der Waals surface area contributed by atoms with Gasteiger partial charge in [0.1, 0.15) is 0 Å². The smallest absolute Gasteiger partial charge is 0.308 e. The fourth-order valence-electron chi connectivity index (χ4n) is 3.39. The number of hydrogen-bond acceptors (Lipinski definition) is 5. The Morgan fingerprint density at radius 1 is 1.55 bits per heavy atom. The molecule has 1 amide bonds. The molecule has 6 nitrogen and oxygen atoms in total. The lowest BCUT2D eigenvalue weighted by molar-refractivity contribution is -0.142. The highest BCUT2D eigenvalue weighted by atomic mass is 32.1. The Hall–Kier alpha value is -1.47. The molecule has 20 heavy (non-hydrogen) atoms. The molecule has 2 aliphatic heterocycles. The summed E-state index contributed by atoms with van der Waals surface area (Å²) in [5.74, 6) is -1.04. The van der Waals surface area contributed by atoms with Gasteiger partial charge in [-0.05, 0) is 19.3 Å². The summed E-state index contributed by atoms with van der Waals surface area (Å²) in [6, 6.07) is 0.510. The molecule has 2 aliphatic rings. The van der Waals surface area contributed by atoms with Crippen molar-refractivity contribution in [2.24, 2.45) is 5.92 Å². The molecule has 3 unspecified atom stereocenters. The molecule has 3 heterocycles. The van der Waals surface area contributed by atoms with Gasteiger partial charge >= 0.3 is 5.97 Å². The molecular formula is C13H17N3O3S. The number of carboxylic acid groups (broad SMARTS) is 1. The first-order valence-corrected chi connectivity index (χ1v) is 7.63. The zero-order valence-corrected chi connectivity index (χ0v) is 12.0. The molecule has 2 N–H and O–H groups in total. The number of aromatic nitrogens is 1. The lowest BCUT2D eigenvalue weighted by atomic mass is 9.89. The molecule has 0 spiro atoms. The molecule has 108 valence electrons. The number of aliphatic carboxylic acids is 1. The van der Waals surface area contributed by atoms with Crippen molar-refractivity contribution in [3.63, 3.8) is 0 Å². The summed E-state index contributed by atoms with van der Waals surface area (Å²) in [7, 11) is 0. The topological polar surface area (TPSA) is 82.5 Å². The Labute approximate surface area is 120 Å². The zero-order valence-electron chi connectivity index (χ0n) is 11.2. The quantitative estimate of drug-likeness (QED) is 0.880. The van der Waals surface area contributed by atoms with Crippen molar-refractivity contribution in [3.8, 4) is 0 Å². The van der Waals surface area contributed by atoms with E-state index in [-0.39, 0.29) is 17.9 Å². The number of carbonyl (C=O) groups is 2. The maximum Gasteiger partial charge on any atom is 0.308 e. The van der Waals surface area contributed by atoms with Gasteiger partial charge < -0.3 is 10.4 Å². The highest BCUT2D eigenvalue weighted by Gasteiger charge is 2.49. The molecule has 0 aromatic carbocycles. The van der Waals surface area contributed by atoms with Crippen LogP contribution in [0.1, 0.15) is 31.9 Å². The summed E-state index contributed by atoms with van der Waals surface area (Å²) in [5.41, 5.74) is 0.904. The van der Waals surface area contributed by atoms with E-state index in [2.05, 4.69) is 15.2 Å². The van der Waals surface area contributed by atoms with E-state index in [1.54, 1.807) is 0 Å². The number of fused-ring (bicyclic) bond motifs is 2. The summed E-state index contributed by atoms with van der Waals surface area (Å²) >= 11 is 1.41. The molecule has 2 bridgehead atoms. The molecule has 2 fully saturated rings. The van der Waals surface area contributed by atoms with Crippen LogP contribution in [0.15, 0.2) is 5.38 Å². The summed E-state index contributed by atoms with van der Waals surface area (Å²) in [6.07, 6.45) is 2.80. The number of carbonyl (C=O) groups excluding carboxylic acids is 1. The molecule has 3 atom stereocenters. The standard InChI is InChI=1S/C13H17N3O3S/c1-7(17)14-13-15-8(6-20-13)5-16-9-2-3-11(16)10(4-9)12(18)19/h6,9-11H,2-5H2,1H3,(H,18,19)(H,14,15,17). The Kier molecular flexibility index (Phi) is 3.47. The minimum atomic E-state index is -0.681. The van der Waals surface area contributed by atoms with Crippen molar-refractivity contribution in [3.05, 3.63) is 11.1 Å². The van der Waals surface area contributed by atoms with Crippen LogP contribution < -0.4 is 5.32 Å². The number of rotatable bonds is 4. The van der Waals surface area contributed by atoms with E-state index in [1.165, 1.54) is 18.3 Å². The third-order valence-corrected chi connectivity index (χ3v) is 4.98. The molecule has 0 aliphatic carbocycles. The molecular weight excluding hydrogens is 278 g/mol. The second-order valence-corrected chi connectivity index (χ2v) is 6.33. The van der Waals surface area contributed by atoms with E-state index in [0.717, 1.165) is 25.0 Å². The van der Waals surface area contributed by atoms with E-state index >= 15 is 0 Å². The number of hydrogen-bond donors (Lipinski definition) is 2. The van der Waals surface area contributed by atoms with Crippen LogP contribution in [0, 0.1) is 5.92 Å². The van der Waals surface area contributed by atoms with Crippen LogP contribution >= 0.6 is 11.3 Å². The van der Waals surface area contributed by atoms with Crippen molar-refractivity contribution < 1.29 is 14.7 Å². The maximum atomic E-state index is 11.2. The zero-order chi connectivity index (χ0) is 14.3. The minimum absolute atomic E-state index is 0.127. The lowest BCUT2D eigenvalue weighted by Crippen LogP contribution is -2.32. The number of amides is 1. The Morgan fingerprint density at radius 3 is 3.00 bits per heavy atom. The van der Waals surface area contributed by atoms with Crippen molar-refractivity contribution >= 4 is 28.3 Å². The third-order valence-electron chi connectivity index (χ3n) is 4.18. The van der Waals surface area contributed by atoms with Gasteiger partial charge in [0.15, 0.2) is 5.13 Å². The van der Waals surface area contributed by atoms with Crippen LogP contribution in [-0.4, -0.2) is 39.0 Å². The molecule has 2 saturated heterocycles. The van der Waals surface area contributed by atoms with Gasteiger partial charge in [0.2, 0.25) is 5.91 Å². The number of carboxylic acids is 1. The fourth-order valence-corrected chi connectivity index (χ4v) is 4.14. The first-order valence-electron chi connectivity index (χ1n) is 6.75. The predicted molar refractivity (Wildman–Crippen MR) is 74.5 cm³/mol. The molecule has 0 radical (unpaired) electrons. The number of nitrogens with one attached hydrogen (secondary N) is 1. The van der Waals surface area contributed by atoms with Crippen molar-refractivity contribution in [1.29, 1.82) is 0 Å². The molecule has 1 aromatic rings. The van der Waals surface area contributed by atoms with Gasteiger partial charge in [0, 0.05) is 30.9 Å². The van der Waals surface area contributed by atoms with E-state index in [0.29, 0.717) is 17.7 Å². The van der Waals surface area contributed by atoms with E-state index < -0.39 is 5.97 Å². The summed E-state index contributed by atoms with van der Waals surface area (Å²) in [6.45, 7) is 2.13. The largest absolute Gasteiger partial charge is 0.481 e. The third kappa shape index (κ3) is 2.43. The first-order chi connectivity index (χ1) is 9.54. The lowest BCUT2D eigenvalue weighted by Gasteiger charge is -2.21. The van der Waals surface area contributed by atoms with Crippen LogP contribution in [0.3, 0.4) is 0 Å². The predicted octanol–water partition coefficient (Wildman–Crippen LogP) is 1.54. The van der Waals surface area contributed by atoms with Gasteiger partial charge in [-0.3, -0.25) is 14.5 Å². The highest BCUT2D eigenvalue weighted by molar-refractivity contribution is 7.13. The first kappa shape index (κ1) is 13.5. The minimum Gasteiger partial charge on any atom is -0.481 e. The van der Waals surface area contributed by atoms with Crippen LogP contribution in [0.5, 0.6) is 0 Å². The SMILES string of the molecule is CC(=O)Nc1nc(CN2C3CCC2C(C(=O)O)C3)cs1. The fraction of sp³-hybridized carbons (Fsp3) is 0.615. The Bertz CT molecular complexity index is 545. The number of thiazole rings is 1. The highest BCUT2D eigenvalue weighted by Crippen LogP contribution is 2.42. The second kappa shape index (κ2) is 5.14. The summed E-state index contributed by atoms with van der Waals surface area (Å²) < 4.78 is 0. The summed E-state index contributed by atoms with van der Waals surface area (Å²) in [4.78, 5) is 28.9. The molecule has 0 saturated carbocycles. The monoisotopic (exact) mass is 295 g/mol. The summed E-state index contributed by atoms with van der Waals surface area (Å²) in [5, 5.41) is 14.4. The average Bonchev–Trinajstić information content (AvgIpc) is 3.05. The van der Waals surface area contributed by atoms with E-state index in [9.17, 15) is 14.7 Å². The second-order valence-electron chi connectivity index (χ2n) is 5.48. The van der Waals surface area contributed by atoms with Gasteiger partial charge in [-0.15, -0.1) is 11.3 Å². The Balaban J connectivity index is 1.68. The van der Waals surface area contributed by atoms with Crippen LogP contribution in [0.4, 0.5) is 5.13 Å². The number of anilines is 1. The van der Waals surface area contributed by atoms with Crippen LogP contribution in [-0.2, 0) is 16.1 Å². The van der Waals surface area contributed by atoms with Crippen molar-refractivity contribution in [1.82, 2.24) is 9.88 Å². The van der Waals surface area contributed by atoms with Gasteiger partial charge in [-0.2, -0.15) is 0 Å². The molecule has 7 heteroatoms. The maximum absolute atomic E-state index is 11.2. The van der Waals surface area contributed by atoms with E-state index in [1.807, 2.05) is 5.38 Å². The number of nitrogens with zero attached hydrogens (tertiary/aromatic N) is 2. The van der Waals surface area contributed by atoms with Gasteiger partial charge in [-0.25, -0.2) is 4.98 Å².